The zero-order valence-corrected chi connectivity index (χ0v) is 15.1. The van der Waals surface area contributed by atoms with Gasteiger partial charge in [-0.2, -0.15) is 0 Å². The number of carbonyl (C=O) groups is 2. The summed E-state index contributed by atoms with van der Waals surface area (Å²) in [6.07, 6.45) is 0.127. The molecule has 5 nitrogen and oxygen atoms in total. The fourth-order valence-electron chi connectivity index (χ4n) is 2.20. The number of hydrogen-bond acceptors (Lipinski definition) is 4. The quantitative estimate of drug-likeness (QED) is 0.499. The molecule has 0 radical (unpaired) electrons. The van der Waals surface area contributed by atoms with Gasteiger partial charge >= 0.3 is 0 Å². The van der Waals surface area contributed by atoms with Gasteiger partial charge in [0.15, 0.2) is 5.17 Å². The molecule has 124 valence electrons. The molecule has 1 N–H and O–H groups in total. The molecule has 23 heavy (non-hydrogen) atoms. The molecule has 1 fully saturated rings. The third kappa shape index (κ3) is 4.40. The maximum Gasteiger partial charge on any atom is 0.247 e. The van der Waals surface area contributed by atoms with Crippen molar-refractivity contribution in [3.8, 4) is 0 Å². The van der Waals surface area contributed by atoms with E-state index in [0.29, 0.717) is 34.0 Å². The molecule has 8 heteroatoms. The number of amidine groups is 1. The fourth-order valence-corrected chi connectivity index (χ4v) is 3.85. The molecule has 1 atom stereocenters. The second kappa shape index (κ2) is 8.04. The lowest BCUT2D eigenvalue weighted by Gasteiger charge is -2.16. The minimum atomic E-state index is -0.496. The highest BCUT2D eigenvalue weighted by Crippen LogP contribution is 2.33. The van der Waals surface area contributed by atoms with E-state index in [9.17, 15) is 9.59 Å². The van der Waals surface area contributed by atoms with Crippen molar-refractivity contribution in [1.29, 1.82) is 0 Å². The van der Waals surface area contributed by atoms with Gasteiger partial charge < -0.3 is 5.32 Å². The Kier molecular flexibility index (Phi) is 6.33. The third-order valence-electron chi connectivity index (χ3n) is 3.09. The van der Waals surface area contributed by atoms with Crippen molar-refractivity contribution in [2.75, 3.05) is 18.0 Å². The number of aliphatic imine (C=N–C) groups is 1. The van der Waals surface area contributed by atoms with Gasteiger partial charge in [-0.25, -0.2) is 4.90 Å². The molecule has 2 rings (SSSR count). The SMILES string of the molecule is CCN=C(NCC)SC1CC(=O)N(c2cc(Cl)cc(Cl)c2)C1=O. The predicted molar refractivity (Wildman–Crippen MR) is 96.6 cm³/mol. The summed E-state index contributed by atoms with van der Waals surface area (Å²) in [7, 11) is 0. The van der Waals surface area contributed by atoms with Gasteiger partial charge in [-0.15, -0.1) is 0 Å². The topological polar surface area (TPSA) is 61.8 Å². The number of rotatable bonds is 4. The Morgan fingerprint density at radius 2 is 1.96 bits per heavy atom. The highest BCUT2D eigenvalue weighted by Gasteiger charge is 2.40. The average Bonchev–Trinajstić information content (AvgIpc) is 2.73. The Balaban J connectivity index is 2.21. The molecule has 1 aromatic carbocycles. The first-order valence-corrected chi connectivity index (χ1v) is 8.87. The van der Waals surface area contributed by atoms with Crippen molar-refractivity contribution in [3.63, 3.8) is 0 Å². The Morgan fingerprint density at radius 1 is 1.30 bits per heavy atom. The van der Waals surface area contributed by atoms with E-state index in [-0.39, 0.29) is 18.2 Å². The van der Waals surface area contributed by atoms with Crippen molar-refractivity contribution >= 4 is 57.6 Å². The Bertz CT molecular complexity index is 631. The van der Waals surface area contributed by atoms with Crippen molar-refractivity contribution in [3.05, 3.63) is 28.2 Å². The molecular formula is C15H17Cl2N3O2S. The van der Waals surface area contributed by atoms with E-state index < -0.39 is 5.25 Å². The monoisotopic (exact) mass is 373 g/mol. The largest absolute Gasteiger partial charge is 0.365 e. The van der Waals surface area contributed by atoms with Crippen LogP contribution in [0, 0.1) is 0 Å². The first-order valence-electron chi connectivity index (χ1n) is 7.24. The van der Waals surface area contributed by atoms with Crippen LogP contribution in [0.1, 0.15) is 20.3 Å². The standard InChI is InChI=1S/C15H17Cl2N3O2S/c1-3-18-15(19-4-2)23-12-8-13(21)20(14(12)22)11-6-9(16)5-10(17)7-11/h5-7,12H,3-4,8H2,1-2H3,(H,18,19). The molecule has 1 aromatic rings. The number of imide groups is 1. The van der Waals surface area contributed by atoms with Crippen LogP contribution in [0.2, 0.25) is 10.0 Å². The summed E-state index contributed by atoms with van der Waals surface area (Å²) in [5, 5.41) is 4.04. The van der Waals surface area contributed by atoms with Crippen LogP contribution in [0.5, 0.6) is 0 Å². The second-order valence-corrected chi connectivity index (χ2v) is 6.88. The van der Waals surface area contributed by atoms with Gasteiger partial charge in [0, 0.05) is 29.6 Å². The molecular weight excluding hydrogens is 357 g/mol. The number of halogens is 2. The van der Waals surface area contributed by atoms with Crippen LogP contribution in [-0.2, 0) is 9.59 Å². The van der Waals surface area contributed by atoms with Gasteiger partial charge in [0.05, 0.1) is 5.69 Å². The van der Waals surface area contributed by atoms with Crippen molar-refractivity contribution in [2.45, 2.75) is 25.5 Å². The Labute approximate surface area is 149 Å². The van der Waals surface area contributed by atoms with Crippen LogP contribution < -0.4 is 10.2 Å². The number of hydrogen-bond donors (Lipinski definition) is 1. The molecule has 1 saturated heterocycles. The average molecular weight is 374 g/mol. The number of nitrogens with zero attached hydrogens (tertiary/aromatic N) is 2. The predicted octanol–water partition coefficient (Wildman–Crippen LogP) is 3.34. The Hall–Kier alpha value is -1.24. The first kappa shape index (κ1) is 18.1. The summed E-state index contributed by atoms with van der Waals surface area (Å²) in [4.78, 5) is 30.3. The maximum atomic E-state index is 12.6. The van der Waals surface area contributed by atoms with Gasteiger partial charge in [-0.3, -0.25) is 14.6 Å². The zero-order valence-electron chi connectivity index (χ0n) is 12.8. The van der Waals surface area contributed by atoms with E-state index in [1.807, 2.05) is 13.8 Å². The number of anilines is 1. The summed E-state index contributed by atoms with van der Waals surface area (Å²) in [5.41, 5.74) is 0.401. The van der Waals surface area contributed by atoms with Crippen molar-refractivity contribution in [2.24, 2.45) is 4.99 Å². The molecule has 0 bridgehead atoms. The second-order valence-electron chi connectivity index (χ2n) is 4.82. The van der Waals surface area contributed by atoms with Crippen molar-refractivity contribution in [1.82, 2.24) is 5.32 Å². The van der Waals surface area contributed by atoms with Gasteiger partial charge in [0.25, 0.3) is 0 Å². The highest BCUT2D eigenvalue weighted by atomic mass is 35.5. The lowest BCUT2D eigenvalue weighted by Crippen LogP contribution is -2.32. The number of carbonyl (C=O) groups excluding carboxylic acids is 2. The fraction of sp³-hybridized carbons (Fsp3) is 0.400. The van der Waals surface area contributed by atoms with Crippen LogP contribution in [0.15, 0.2) is 23.2 Å². The molecule has 2 amide bonds. The lowest BCUT2D eigenvalue weighted by atomic mass is 10.3. The van der Waals surface area contributed by atoms with Gasteiger partial charge in [-0.1, -0.05) is 35.0 Å². The van der Waals surface area contributed by atoms with Crippen LogP contribution in [0.3, 0.4) is 0 Å². The number of amides is 2. The van der Waals surface area contributed by atoms with Gasteiger partial charge in [-0.05, 0) is 32.0 Å². The maximum absolute atomic E-state index is 12.6. The molecule has 1 heterocycles. The lowest BCUT2D eigenvalue weighted by molar-refractivity contribution is -0.121. The van der Waals surface area contributed by atoms with E-state index in [4.69, 9.17) is 23.2 Å². The Morgan fingerprint density at radius 3 is 2.52 bits per heavy atom. The molecule has 1 unspecified atom stereocenters. The summed E-state index contributed by atoms with van der Waals surface area (Å²) in [6, 6.07) is 4.67. The minimum Gasteiger partial charge on any atom is -0.365 e. The summed E-state index contributed by atoms with van der Waals surface area (Å²) < 4.78 is 0. The van der Waals surface area contributed by atoms with E-state index in [2.05, 4.69) is 10.3 Å². The van der Waals surface area contributed by atoms with Crippen LogP contribution in [-0.4, -0.2) is 35.3 Å². The normalized spacial score (nSPS) is 18.7. The minimum absolute atomic E-state index is 0.127. The summed E-state index contributed by atoms with van der Waals surface area (Å²) in [6.45, 7) is 5.18. The molecule has 0 saturated carbocycles. The molecule has 0 spiro atoms. The zero-order chi connectivity index (χ0) is 17.0. The smallest absolute Gasteiger partial charge is 0.247 e. The molecule has 1 aliphatic heterocycles. The summed E-state index contributed by atoms with van der Waals surface area (Å²) >= 11 is 13.2. The third-order valence-corrected chi connectivity index (χ3v) is 4.68. The molecule has 0 aliphatic carbocycles. The van der Waals surface area contributed by atoms with E-state index in [1.54, 1.807) is 18.2 Å². The number of nitrogens with one attached hydrogen (secondary N) is 1. The van der Waals surface area contributed by atoms with Gasteiger partial charge in [0.2, 0.25) is 11.8 Å². The van der Waals surface area contributed by atoms with E-state index >= 15 is 0 Å². The number of benzene rings is 1. The summed E-state index contributed by atoms with van der Waals surface area (Å²) in [5.74, 6) is -0.543. The first-order chi connectivity index (χ1) is 11.0. The molecule has 1 aliphatic rings. The van der Waals surface area contributed by atoms with Crippen LogP contribution >= 0.6 is 35.0 Å². The molecule has 0 aromatic heterocycles. The van der Waals surface area contributed by atoms with Gasteiger partial charge in [0.1, 0.15) is 5.25 Å². The number of thioether (sulfide) groups is 1. The van der Waals surface area contributed by atoms with E-state index in [1.165, 1.54) is 11.8 Å². The van der Waals surface area contributed by atoms with E-state index in [0.717, 1.165) is 4.90 Å². The van der Waals surface area contributed by atoms with Crippen molar-refractivity contribution < 1.29 is 9.59 Å². The highest BCUT2D eigenvalue weighted by molar-refractivity contribution is 8.15. The van der Waals surface area contributed by atoms with Crippen LogP contribution in [0.4, 0.5) is 5.69 Å². The van der Waals surface area contributed by atoms with Crippen LogP contribution in [0.25, 0.3) is 0 Å².